The summed E-state index contributed by atoms with van der Waals surface area (Å²) >= 11 is 6.34. The van der Waals surface area contributed by atoms with Gasteiger partial charge >= 0.3 is 0 Å². The second-order valence-corrected chi connectivity index (χ2v) is 7.86. The van der Waals surface area contributed by atoms with Gasteiger partial charge in [0.1, 0.15) is 5.82 Å². The third kappa shape index (κ3) is 4.51. The van der Waals surface area contributed by atoms with Crippen molar-refractivity contribution >= 4 is 34.2 Å². The summed E-state index contributed by atoms with van der Waals surface area (Å²) in [7, 11) is 1.63. The van der Waals surface area contributed by atoms with Gasteiger partial charge < -0.3 is 10.1 Å². The van der Waals surface area contributed by atoms with Crippen LogP contribution in [-0.4, -0.2) is 45.3 Å². The van der Waals surface area contributed by atoms with Crippen molar-refractivity contribution in [3.63, 3.8) is 0 Å². The SMILES string of the molecule is COCCCNC(=O)CCc1nnc2n(Cc3ccccc3Cl)c(=O)c3ccccc3n12. The smallest absolute Gasteiger partial charge is 0.263 e. The summed E-state index contributed by atoms with van der Waals surface area (Å²) in [6, 6.07) is 14.7. The molecule has 0 saturated heterocycles. The first-order valence-corrected chi connectivity index (χ1v) is 10.8. The molecular formula is C23H24ClN5O3. The summed E-state index contributed by atoms with van der Waals surface area (Å²) in [5.41, 5.74) is 1.36. The summed E-state index contributed by atoms with van der Waals surface area (Å²) in [6.45, 7) is 1.43. The predicted molar refractivity (Wildman–Crippen MR) is 123 cm³/mol. The zero-order chi connectivity index (χ0) is 22.5. The van der Waals surface area contributed by atoms with Crippen molar-refractivity contribution < 1.29 is 9.53 Å². The molecule has 0 saturated carbocycles. The molecule has 166 valence electrons. The van der Waals surface area contributed by atoms with Crippen molar-refractivity contribution in [2.24, 2.45) is 0 Å². The molecule has 9 heteroatoms. The van der Waals surface area contributed by atoms with Crippen LogP contribution in [0.4, 0.5) is 0 Å². The molecular weight excluding hydrogens is 430 g/mol. The van der Waals surface area contributed by atoms with Crippen LogP contribution in [0.15, 0.2) is 53.3 Å². The molecule has 0 atom stereocenters. The number of rotatable bonds is 9. The lowest BCUT2D eigenvalue weighted by molar-refractivity contribution is -0.121. The van der Waals surface area contributed by atoms with Crippen molar-refractivity contribution in [2.75, 3.05) is 20.3 Å². The lowest BCUT2D eigenvalue weighted by Gasteiger charge is -2.12. The van der Waals surface area contributed by atoms with E-state index in [2.05, 4.69) is 15.5 Å². The molecule has 0 aliphatic rings. The van der Waals surface area contributed by atoms with E-state index in [4.69, 9.17) is 16.3 Å². The van der Waals surface area contributed by atoms with Crippen LogP contribution in [-0.2, 0) is 22.5 Å². The molecule has 1 N–H and O–H groups in total. The Balaban J connectivity index is 1.69. The van der Waals surface area contributed by atoms with Gasteiger partial charge in [0, 0.05) is 38.1 Å². The van der Waals surface area contributed by atoms with Crippen LogP contribution in [0, 0.1) is 0 Å². The minimum atomic E-state index is -0.164. The van der Waals surface area contributed by atoms with Gasteiger partial charge in [0.15, 0.2) is 0 Å². The number of aryl methyl sites for hydroxylation is 1. The summed E-state index contributed by atoms with van der Waals surface area (Å²) < 4.78 is 8.42. The van der Waals surface area contributed by atoms with Crippen LogP contribution < -0.4 is 10.9 Å². The highest BCUT2D eigenvalue weighted by atomic mass is 35.5. The number of nitrogens with one attached hydrogen (secondary N) is 1. The lowest BCUT2D eigenvalue weighted by Crippen LogP contribution is -2.26. The first-order chi connectivity index (χ1) is 15.6. The Kier molecular flexibility index (Phi) is 6.82. The molecule has 2 aromatic heterocycles. The summed E-state index contributed by atoms with van der Waals surface area (Å²) in [5, 5.41) is 12.6. The number of carbonyl (C=O) groups is 1. The second-order valence-electron chi connectivity index (χ2n) is 7.45. The third-order valence-electron chi connectivity index (χ3n) is 5.28. The average Bonchev–Trinajstić information content (AvgIpc) is 3.23. The maximum Gasteiger partial charge on any atom is 0.263 e. The first kappa shape index (κ1) is 22.0. The number of para-hydroxylation sites is 1. The normalized spacial score (nSPS) is 11.3. The van der Waals surface area contributed by atoms with Gasteiger partial charge in [-0.15, -0.1) is 10.2 Å². The van der Waals surface area contributed by atoms with E-state index in [1.54, 1.807) is 23.8 Å². The number of ether oxygens (including phenoxy) is 1. The molecule has 0 aliphatic heterocycles. The largest absolute Gasteiger partial charge is 0.385 e. The van der Waals surface area contributed by atoms with Gasteiger partial charge in [-0.1, -0.05) is 41.9 Å². The maximum atomic E-state index is 13.3. The molecule has 0 fully saturated rings. The topological polar surface area (TPSA) is 90.5 Å². The fourth-order valence-corrected chi connectivity index (χ4v) is 3.87. The van der Waals surface area contributed by atoms with E-state index in [0.29, 0.717) is 47.1 Å². The van der Waals surface area contributed by atoms with Crippen molar-refractivity contribution in [1.82, 2.24) is 24.5 Å². The lowest BCUT2D eigenvalue weighted by atomic mass is 10.2. The molecule has 32 heavy (non-hydrogen) atoms. The number of nitrogens with zero attached hydrogens (tertiary/aromatic N) is 4. The van der Waals surface area contributed by atoms with Crippen LogP contribution >= 0.6 is 11.6 Å². The number of carbonyl (C=O) groups excluding carboxylic acids is 1. The standard InChI is InChI=1S/C23H24ClN5O3/c1-32-14-6-13-25-21(30)12-11-20-26-27-23-28(15-16-7-2-4-9-18(16)24)22(31)17-8-3-5-10-19(17)29(20)23/h2-5,7-10H,6,11-15H2,1H3,(H,25,30). The zero-order valence-corrected chi connectivity index (χ0v) is 18.5. The van der Waals surface area contributed by atoms with Gasteiger partial charge in [-0.05, 0) is 30.2 Å². The number of fused-ring (bicyclic) bond motifs is 3. The van der Waals surface area contributed by atoms with Crippen LogP contribution in [0.2, 0.25) is 5.02 Å². The van der Waals surface area contributed by atoms with E-state index in [0.717, 1.165) is 12.0 Å². The molecule has 4 aromatic rings. The van der Waals surface area contributed by atoms with E-state index in [1.165, 1.54) is 0 Å². The minimum Gasteiger partial charge on any atom is -0.385 e. The number of methoxy groups -OCH3 is 1. The van der Waals surface area contributed by atoms with Crippen molar-refractivity contribution in [1.29, 1.82) is 0 Å². The van der Waals surface area contributed by atoms with Gasteiger partial charge in [0.25, 0.3) is 5.56 Å². The monoisotopic (exact) mass is 453 g/mol. The number of aromatic nitrogens is 4. The molecule has 0 aliphatic carbocycles. The molecule has 8 nitrogen and oxygen atoms in total. The fraction of sp³-hybridized carbons (Fsp3) is 0.304. The second kappa shape index (κ2) is 9.93. The molecule has 0 unspecified atom stereocenters. The Hall–Kier alpha value is -3.23. The Labute approximate surface area is 189 Å². The van der Waals surface area contributed by atoms with E-state index in [9.17, 15) is 9.59 Å². The Morgan fingerprint density at radius 2 is 1.91 bits per heavy atom. The molecule has 4 rings (SSSR count). The summed E-state index contributed by atoms with van der Waals surface area (Å²) in [6.07, 6.45) is 1.42. The highest BCUT2D eigenvalue weighted by Gasteiger charge is 2.17. The maximum absolute atomic E-state index is 13.3. The van der Waals surface area contributed by atoms with Crippen molar-refractivity contribution in [3.05, 3.63) is 75.3 Å². The number of benzene rings is 2. The molecule has 2 heterocycles. The highest BCUT2D eigenvalue weighted by molar-refractivity contribution is 6.31. The van der Waals surface area contributed by atoms with E-state index >= 15 is 0 Å². The van der Waals surface area contributed by atoms with Crippen LogP contribution in [0.3, 0.4) is 0 Å². The van der Waals surface area contributed by atoms with Crippen molar-refractivity contribution in [3.8, 4) is 0 Å². The van der Waals surface area contributed by atoms with Crippen LogP contribution in [0.25, 0.3) is 16.7 Å². The summed E-state index contributed by atoms with van der Waals surface area (Å²) in [4.78, 5) is 25.5. The van der Waals surface area contributed by atoms with Crippen molar-refractivity contribution in [2.45, 2.75) is 25.8 Å². The highest BCUT2D eigenvalue weighted by Crippen LogP contribution is 2.19. The first-order valence-electron chi connectivity index (χ1n) is 10.4. The third-order valence-corrected chi connectivity index (χ3v) is 5.65. The van der Waals surface area contributed by atoms with Gasteiger partial charge in [-0.3, -0.25) is 18.6 Å². The van der Waals surface area contributed by atoms with Crippen LogP contribution in [0.1, 0.15) is 24.2 Å². The van der Waals surface area contributed by atoms with Crippen LogP contribution in [0.5, 0.6) is 0 Å². The predicted octanol–water partition coefficient (Wildman–Crippen LogP) is 2.83. The van der Waals surface area contributed by atoms with Gasteiger partial charge in [-0.25, -0.2) is 0 Å². The Morgan fingerprint density at radius 1 is 1.12 bits per heavy atom. The number of hydrogen-bond acceptors (Lipinski definition) is 5. The fourth-order valence-electron chi connectivity index (χ4n) is 3.67. The number of amides is 1. The molecule has 0 spiro atoms. The van der Waals surface area contributed by atoms with Gasteiger partial charge in [-0.2, -0.15) is 0 Å². The van der Waals surface area contributed by atoms with E-state index < -0.39 is 0 Å². The van der Waals surface area contributed by atoms with E-state index in [-0.39, 0.29) is 24.4 Å². The quantitative estimate of drug-likeness (QED) is 0.393. The number of hydrogen-bond donors (Lipinski definition) is 1. The number of halogens is 1. The Bertz CT molecular complexity index is 1310. The van der Waals surface area contributed by atoms with Gasteiger partial charge in [0.2, 0.25) is 11.7 Å². The molecule has 0 bridgehead atoms. The van der Waals surface area contributed by atoms with Gasteiger partial charge in [0.05, 0.1) is 17.4 Å². The summed E-state index contributed by atoms with van der Waals surface area (Å²) in [5.74, 6) is 0.979. The molecule has 2 aromatic carbocycles. The zero-order valence-electron chi connectivity index (χ0n) is 17.8. The molecule has 0 radical (unpaired) electrons. The average molecular weight is 454 g/mol. The Morgan fingerprint density at radius 3 is 2.72 bits per heavy atom. The molecule has 1 amide bonds. The minimum absolute atomic E-state index is 0.0634. The van der Waals surface area contributed by atoms with E-state index in [1.807, 2.05) is 40.8 Å².